The van der Waals surface area contributed by atoms with Crippen LogP contribution in [0.2, 0.25) is 0 Å². The zero-order valence-electron chi connectivity index (χ0n) is 15.0. The summed E-state index contributed by atoms with van der Waals surface area (Å²) in [6.07, 6.45) is 2.87. The average molecular weight is 333 g/mol. The van der Waals surface area contributed by atoms with Crippen LogP contribution in [-0.4, -0.2) is 78.6 Å². The summed E-state index contributed by atoms with van der Waals surface area (Å²) in [7, 11) is 4.12. The van der Waals surface area contributed by atoms with E-state index in [-0.39, 0.29) is 12.5 Å². The molecule has 1 aromatic rings. The first kappa shape index (κ1) is 18.9. The molecule has 24 heavy (non-hydrogen) atoms. The van der Waals surface area contributed by atoms with Gasteiger partial charge in [-0.1, -0.05) is 30.3 Å². The molecule has 0 atom stereocenters. The summed E-state index contributed by atoms with van der Waals surface area (Å²) in [6.45, 7) is 4.12. The molecule has 1 amide bonds. The lowest BCUT2D eigenvalue weighted by Gasteiger charge is -2.37. The van der Waals surface area contributed by atoms with E-state index >= 15 is 0 Å². The van der Waals surface area contributed by atoms with E-state index in [0.717, 1.165) is 45.4 Å². The number of benzene rings is 1. The van der Waals surface area contributed by atoms with Crippen molar-refractivity contribution in [1.29, 1.82) is 0 Å². The highest BCUT2D eigenvalue weighted by molar-refractivity contribution is 5.78. The van der Waals surface area contributed by atoms with Crippen molar-refractivity contribution < 1.29 is 9.90 Å². The largest absolute Gasteiger partial charge is 0.396 e. The molecule has 1 N–H and O–H groups in total. The molecule has 0 unspecified atom stereocenters. The van der Waals surface area contributed by atoms with Crippen LogP contribution in [0.1, 0.15) is 24.8 Å². The maximum Gasteiger partial charge on any atom is 0.236 e. The summed E-state index contributed by atoms with van der Waals surface area (Å²) in [6, 6.07) is 10.8. The molecule has 0 radical (unpaired) electrons. The lowest BCUT2D eigenvalue weighted by atomic mass is 10.0. The smallest absolute Gasteiger partial charge is 0.236 e. The molecule has 5 heteroatoms. The van der Waals surface area contributed by atoms with Gasteiger partial charge in [0.1, 0.15) is 0 Å². The van der Waals surface area contributed by atoms with Crippen molar-refractivity contribution in [2.75, 3.05) is 46.9 Å². The third-order valence-corrected chi connectivity index (χ3v) is 4.81. The maximum atomic E-state index is 12.5. The lowest BCUT2D eigenvalue weighted by Crippen LogP contribution is -2.48. The number of hydrogen-bond acceptors (Lipinski definition) is 4. The highest BCUT2D eigenvalue weighted by Crippen LogP contribution is 2.16. The molecule has 1 heterocycles. The van der Waals surface area contributed by atoms with E-state index in [0.29, 0.717) is 12.6 Å². The molecule has 0 saturated carbocycles. The number of hydrogen-bond donors (Lipinski definition) is 1. The van der Waals surface area contributed by atoms with Crippen LogP contribution < -0.4 is 0 Å². The maximum absolute atomic E-state index is 12.5. The number of likely N-dealkylation sites (tertiary alicyclic amines) is 1. The van der Waals surface area contributed by atoms with E-state index < -0.39 is 0 Å². The van der Waals surface area contributed by atoms with Gasteiger partial charge in [0, 0.05) is 38.8 Å². The Kier molecular flexibility index (Phi) is 7.69. The molecule has 0 spiro atoms. The molecule has 2 rings (SSSR count). The summed E-state index contributed by atoms with van der Waals surface area (Å²) >= 11 is 0. The minimum Gasteiger partial charge on any atom is -0.396 e. The molecule has 0 aromatic heterocycles. The van der Waals surface area contributed by atoms with Crippen LogP contribution in [0, 0.1) is 0 Å². The van der Waals surface area contributed by atoms with Crippen LogP contribution in [0.5, 0.6) is 0 Å². The standard InChI is InChI=1S/C19H31N3O2/c1-20(15-17-7-4-3-5-8-17)16-19(24)22-12-9-18(10-13-22)21(2)11-6-14-23/h3-5,7-8,18,23H,6,9-16H2,1-2H3. The summed E-state index contributed by atoms with van der Waals surface area (Å²) in [4.78, 5) is 18.9. The zero-order chi connectivity index (χ0) is 17.4. The zero-order valence-corrected chi connectivity index (χ0v) is 15.0. The molecule has 5 nitrogen and oxygen atoms in total. The van der Waals surface area contributed by atoms with Crippen LogP contribution in [0.4, 0.5) is 0 Å². The molecule has 1 aliphatic rings. The fourth-order valence-corrected chi connectivity index (χ4v) is 3.34. The third kappa shape index (κ3) is 5.89. The van der Waals surface area contributed by atoms with Crippen LogP contribution >= 0.6 is 0 Å². The molecule has 1 aromatic carbocycles. The van der Waals surface area contributed by atoms with E-state index in [4.69, 9.17) is 5.11 Å². The number of carbonyl (C=O) groups is 1. The van der Waals surface area contributed by atoms with E-state index in [1.807, 2.05) is 30.1 Å². The van der Waals surface area contributed by atoms with Gasteiger partial charge < -0.3 is 14.9 Å². The molecule has 134 valence electrons. The Hall–Kier alpha value is -1.43. The first-order chi connectivity index (χ1) is 11.6. The van der Waals surface area contributed by atoms with E-state index in [9.17, 15) is 4.79 Å². The van der Waals surface area contributed by atoms with Crippen molar-refractivity contribution in [3.05, 3.63) is 35.9 Å². The van der Waals surface area contributed by atoms with Gasteiger partial charge in [-0.25, -0.2) is 0 Å². The Bertz CT molecular complexity index is 487. The van der Waals surface area contributed by atoms with Gasteiger partial charge in [0.2, 0.25) is 5.91 Å². The lowest BCUT2D eigenvalue weighted by molar-refractivity contribution is -0.133. The Morgan fingerprint density at radius 1 is 1.21 bits per heavy atom. The first-order valence-electron chi connectivity index (χ1n) is 8.91. The van der Waals surface area contributed by atoms with Crippen molar-refractivity contribution in [2.45, 2.75) is 31.8 Å². The molecule has 1 aliphatic heterocycles. The van der Waals surface area contributed by atoms with Crippen molar-refractivity contribution in [1.82, 2.24) is 14.7 Å². The number of nitrogens with zero attached hydrogens (tertiary/aromatic N) is 3. The van der Waals surface area contributed by atoms with E-state index in [1.54, 1.807) is 0 Å². The van der Waals surface area contributed by atoms with Gasteiger partial charge >= 0.3 is 0 Å². The molecule has 1 saturated heterocycles. The third-order valence-electron chi connectivity index (χ3n) is 4.81. The van der Waals surface area contributed by atoms with Gasteiger partial charge in [0.25, 0.3) is 0 Å². The number of aliphatic hydroxyl groups excluding tert-OH is 1. The predicted octanol–water partition coefficient (Wildman–Crippen LogP) is 1.42. The SMILES string of the molecule is CN(CC(=O)N1CCC(N(C)CCCO)CC1)Cc1ccccc1. The molecule has 1 fully saturated rings. The van der Waals surface area contributed by atoms with Gasteiger partial charge in [-0.2, -0.15) is 0 Å². The Balaban J connectivity index is 1.72. The Morgan fingerprint density at radius 3 is 2.50 bits per heavy atom. The summed E-state index contributed by atoms with van der Waals surface area (Å²) in [5.74, 6) is 0.227. The summed E-state index contributed by atoms with van der Waals surface area (Å²) in [5.41, 5.74) is 1.23. The van der Waals surface area contributed by atoms with E-state index in [2.05, 4.69) is 29.0 Å². The molecular weight excluding hydrogens is 302 g/mol. The van der Waals surface area contributed by atoms with Crippen LogP contribution in [0.25, 0.3) is 0 Å². The van der Waals surface area contributed by atoms with Gasteiger partial charge in [-0.05, 0) is 38.9 Å². The predicted molar refractivity (Wildman–Crippen MR) is 96.7 cm³/mol. The minimum atomic E-state index is 0.227. The van der Waals surface area contributed by atoms with Crippen molar-refractivity contribution in [3.63, 3.8) is 0 Å². The monoisotopic (exact) mass is 333 g/mol. The summed E-state index contributed by atoms with van der Waals surface area (Å²) in [5, 5.41) is 8.93. The quantitative estimate of drug-likeness (QED) is 0.782. The van der Waals surface area contributed by atoms with Crippen LogP contribution in [0.3, 0.4) is 0 Å². The molecular formula is C19H31N3O2. The van der Waals surface area contributed by atoms with Crippen molar-refractivity contribution in [3.8, 4) is 0 Å². The number of amides is 1. The number of piperidine rings is 1. The Labute approximate surface area is 145 Å². The second-order valence-electron chi connectivity index (χ2n) is 6.83. The molecule has 0 bridgehead atoms. The van der Waals surface area contributed by atoms with Crippen LogP contribution in [0.15, 0.2) is 30.3 Å². The first-order valence-corrected chi connectivity index (χ1v) is 8.91. The number of likely N-dealkylation sites (N-methyl/N-ethyl adjacent to an activating group) is 1. The second kappa shape index (κ2) is 9.77. The number of rotatable bonds is 8. The fourth-order valence-electron chi connectivity index (χ4n) is 3.34. The normalized spacial score (nSPS) is 16.1. The van der Waals surface area contributed by atoms with E-state index in [1.165, 1.54) is 5.56 Å². The highest BCUT2D eigenvalue weighted by atomic mass is 16.3. The topological polar surface area (TPSA) is 47.0 Å². The highest BCUT2D eigenvalue weighted by Gasteiger charge is 2.25. The number of aliphatic hydroxyl groups is 1. The van der Waals surface area contributed by atoms with Crippen molar-refractivity contribution >= 4 is 5.91 Å². The average Bonchev–Trinajstić information content (AvgIpc) is 2.60. The second-order valence-corrected chi connectivity index (χ2v) is 6.83. The van der Waals surface area contributed by atoms with Crippen molar-refractivity contribution in [2.24, 2.45) is 0 Å². The van der Waals surface area contributed by atoms with Gasteiger partial charge in [-0.15, -0.1) is 0 Å². The van der Waals surface area contributed by atoms with Gasteiger partial charge in [0.15, 0.2) is 0 Å². The fraction of sp³-hybridized carbons (Fsp3) is 0.632. The number of carbonyl (C=O) groups excluding carboxylic acids is 1. The molecule has 0 aliphatic carbocycles. The van der Waals surface area contributed by atoms with Crippen LogP contribution in [-0.2, 0) is 11.3 Å². The van der Waals surface area contributed by atoms with Gasteiger partial charge in [-0.3, -0.25) is 9.69 Å². The Morgan fingerprint density at radius 2 is 1.88 bits per heavy atom. The summed E-state index contributed by atoms with van der Waals surface area (Å²) < 4.78 is 0. The van der Waals surface area contributed by atoms with Gasteiger partial charge in [0.05, 0.1) is 6.54 Å². The minimum absolute atomic E-state index is 0.227.